The highest BCUT2D eigenvalue weighted by Crippen LogP contribution is 2.64. The van der Waals surface area contributed by atoms with E-state index >= 15 is 0 Å². The van der Waals surface area contributed by atoms with E-state index in [2.05, 4.69) is 32.9 Å². The third-order valence-electron chi connectivity index (χ3n) is 5.07. The van der Waals surface area contributed by atoms with Gasteiger partial charge >= 0.3 is 0 Å². The van der Waals surface area contributed by atoms with E-state index in [-0.39, 0.29) is 11.2 Å². The smallest absolute Gasteiger partial charge is 0.152 e. The Hall–Kier alpha value is -0.850. The number of ketones is 1. The van der Waals surface area contributed by atoms with Gasteiger partial charge in [0.25, 0.3) is 0 Å². The lowest BCUT2D eigenvalue weighted by Crippen LogP contribution is -2.38. The number of rotatable bonds is 2. The number of carbonyl (C=O) groups is 1. The van der Waals surface area contributed by atoms with Gasteiger partial charge in [0.05, 0.1) is 0 Å². The third-order valence-corrected chi connectivity index (χ3v) is 5.07. The number of allylic oxidation sites excluding steroid dienone is 4. The van der Waals surface area contributed by atoms with E-state index < -0.39 is 0 Å². The van der Waals surface area contributed by atoms with E-state index in [1.165, 1.54) is 24.8 Å². The Morgan fingerprint density at radius 2 is 2.19 bits per heavy atom. The van der Waals surface area contributed by atoms with Crippen LogP contribution in [-0.2, 0) is 4.79 Å². The van der Waals surface area contributed by atoms with Crippen LogP contribution in [0.2, 0.25) is 0 Å². The van der Waals surface area contributed by atoms with Gasteiger partial charge in [-0.25, -0.2) is 0 Å². The molecule has 0 aromatic heterocycles. The average Bonchev–Trinajstić information content (AvgIpc) is 2.32. The Bertz CT molecular complexity index is 373. The molecule has 0 N–H and O–H groups in total. The number of carbonyl (C=O) groups excluding carboxylic acids is 1. The number of fused-ring (bicyclic) bond motifs is 2. The van der Waals surface area contributed by atoms with Crippen LogP contribution in [0.15, 0.2) is 23.8 Å². The van der Waals surface area contributed by atoms with Gasteiger partial charge in [0, 0.05) is 5.41 Å². The zero-order chi connectivity index (χ0) is 12.0. The minimum atomic E-state index is 0.140. The van der Waals surface area contributed by atoms with Gasteiger partial charge in [-0.1, -0.05) is 31.6 Å². The van der Waals surface area contributed by atoms with Crippen LogP contribution in [0.5, 0.6) is 0 Å². The topological polar surface area (TPSA) is 17.1 Å². The molecule has 1 heteroatoms. The van der Waals surface area contributed by atoms with E-state index in [0.29, 0.717) is 5.41 Å². The Kier molecular flexibility index (Phi) is 2.60. The maximum absolute atomic E-state index is 11.2. The van der Waals surface area contributed by atoms with Crippen molar-refractivity contribution < 1.29 is 4.79 Å². The summed E-state index contributed by atoms with van der Waals surface area (Å²) < 4.78 is 0. The first-order chi connectivity index (χ1) is 7.40. The van der Waals surface area contributed by atoms with Gasteiger partial charge in [0.15, 0.2) is 5.78 Å². The van der Waals surface area contributed by atoms with E-state index in [4.69, 9.17) is 0 Å². The van der Waals surface area contributed by atoms with Crippen LogP contribution in [-0.4, -0.2) is 5.78 Å². The number of hydrogen-bond acceptors (Lipinski definition) is 1. The maximum Gasteiger partial charge on any atom is 0.152 e. The molecule has 0 aromatic rings. The van der Waals surface area contributed by atoms with Crippen molar-refractivity contribution in [1.82, 2.24) is 0 Å². The molecule has 2 bridgehead atoms. The third kappa shape index (κ3) is 1.41. The summed E-state index contributed by atoms with van der Waals surface area (Å²) in [6.45, 7) is 8.60. The minimum Gasteiger partial charge on any atom is -0.295 e. The molecular weight excluding hydrogens is 196 g/mol. The molecule has 1 nitrogen and oxygen atoms in total. The van der Waals surface area contributed by atoms with Gasteiger partial charge in [-0.2, -0.15) is 0 Å². The standard InChI is InChI=1S/C15H22O/c1-11-5-6-13-8-10-15(11,14(13,3)4)9-7-12(2)16/h5,7,9,13H,6,8,10H2,1-4H3/b9-7+. The summed E-state index contributed by atoms with van der Waals surface area (Å²) >= 11 is 0. The molecule has 2 aliphatic rings. The lowest BCUT2D eigenvalue weighted by Gasteiger charge is -2.46. The zero-order valence-electron chi connectivity index (χ0n) is 10.8. The lowest BCUT2D eigenvalue weighted by atomic mass is 9.58. The van der Waals surface area contributed by atoms with Gasteiger partial charge < -0.3 is 0 Å². The van der Waals surface area contributed by atoms with E-state index in [0.717, 1.165) is 5.92 Å². The molecule has 16 heavy (non-hydrogen) atoms. The van der Waals surface area contributed by atoms with Crippen molar-refractivity contribution in [3.63, 3.8) is 0 Å². The van der Waals surface area contributed by atoms with Crippen LogP contribution in [0.25, 0.3) is 0 Å². The van der Waals surface area contributed by atoms with Crippen molar-refractivity contribution in [3.05, 3.63) is 23.8 Å². The van der Waals surface area contributed by atoms with Crippen LogP contribution in [0.1, 0.15) is 47.0 Å². The molecule has 2 rings (SSSR count). The minimum absolute atomic E-state index is 0.140. The Balaban J connectivity index is 2.45. The van der Waals surface area contributed by atoms with Crippen molar-refractivity contribution in [2.24, 2.45) is 16.7 Å². The summed E-state index contributed by atoms with van der Waals surface area (Å²) in [5.74, 6) is 0.944. The highest BCUT2D eigenvalue weighted by molar-refractivity contribution is 5.87. The van der Waals surface area contributed by atoms with Crippen LogP contribution >= 0.6 is 0 Å². The molecule has 0 aromatic carbocycles. The second-order valence-electron chi connectivity index (χ2n) is 6.00. The quantitative estimate of drug-likeness (QED) is 0.507. The summed E-state index contributed by atoms with van der Waals surface area (Å²) in [4.78, 5) is 11.2. The lowest BCUT2D eigenvalue weighted by molar-refractivity contribution is -0.112. The molecule has 0 radical (unpaired) electrons. The van der Waals surface area contributed by atoms with Gasteiger partial charge in [-0.3, -0.25) is 4.79 Å². The van der Waals surface area contributed by atoms with Crippen LogP contribution in [0.3, 0.4) is 0 Å². The first kappa shape index (κ1) is 11.6. The van der Waals surface area contributed by atoms with Crippen molar-refractivity contribution >= 4 is 5.78 Å². The van der Waals surface area contributed by atoms with Crippen LogP contribution in [0, 0.1) is 16.7 Å². The predicted molar refractivity (Wildman–Crippen MR) is 67.1 cm³/mol. The zero-order valence-corrected chi connectivity index (χ0v) is 10.8. The van der Waals surface area contributed by atoms with Gasteiger partial charge in [-0.15, -0.1) is 0 Å². The maximum atomic E-state index is 11.2. The van der Waals surface area contributed by atoms with E-state index in [1.807, 2.05) is 0 Å². The predicted octanol–water partition coefficient (Wildman–Crippen LogP) is 3.90. The first-order valence-corrected chi connectivity index (χ1v) is 6.27. The fourth-order valence-corrected chi connectivity index (χ4v) is 3.76. The number of hydrogen-bond donors (Lipinski definition) is 0. The fraction of sp³-hybridized carbons (Fsp3) is 0.667. The van der Waals surface area contributed by atoms with Crippen LogP contribution in [0.4, 0.5) is 0 Å². The van der Waals surface area contributed by atoms with Crippen LogP contribution < -0.4 is 0 Å². The van der Waals surface area contributed by atoms with E-state index in [1.54, 1.807) is 13.0 Å². The summed E-state index contributed by atoms with van der Waals surface area (Å²) in [6.07, 6.45) is 10.1. The Labute approximate surface area is 98.6 Å². The van der Waals surface area contributed by atoms with Gasteiger partial charge in [-0.05, 0) is 50.5 Å². The SMILES string of the molecule is CC(=O)/C=C/C12CCC(CC=C1C)C2(C)C. The van der Waals surface area contributed by atoms with Crippen molar-refractivity contribution in [1.29, 1.82) is 0 Å². The van der Waals surface area contributed by atoms with Crippen molar-refractivity contribution in [2.45, 2.75) is 47.0 Å². The van der Waals surface area contributed by atoms with Crippen molar-refractivity contribution in [2.75, 3.05) is 0 Å². The van der Waals surface area contributed by atoms with Crippen molar-refractivity contribution in [3.8, 4) is 0 Å². The van der Waals surface area contributed by atoms with E-state index in [9.17, 15) is 4.79 Å². The largest absolute Gasteiger partial charge is 0.295 e. The summed E-state index contributed by atoms with van der Waals surface area (Å²) in [6, 6.07) is 0. The molecule has 0 heterocycles. The molecule has 1 fully saturated rings. The summed E-state index contributed by atoms with van der Waals surface area (Å²) in [7, 11) is 0. The second kappa shape index (κ2) is 3.58. The first-order valence-electron chi connectivity index (χ1n) is 6.27. The Morgan fingerprint density at radius 1 is 1.50 bits per heavy atom. The highest BCUT2D eigenvalue weighted by atomic mass is 16.1. The molecule has 0 saturated heterocycles. The molecule has 2 atom stereocenters. The average molecular weight is 218 g/mol. The monoisotopic (exact) mass is 218 g/mol. The fourth-order valence-electron chi connectivity index (χ4n) is 3.76. The second-order valence-corrected chi connectivity index (χ2v) is 6.00. The normalized spacial score (nSPS) is 36.5. The molecule has 0 spiro atoms. The molecule has 0 amide bonds. The van der Waals surface area contributed by atoms with Gasteiger partial charge in [0.2, 0.25) is 0 Å². The van der Waals surface area contributed by atoms with Gasteiger partial charge in [0.1, 0.15) is 0 Å². The Morgan fingerprint density at radius 3 is 2.81 bits per heavy atom. The molecule has 88 valence electrons. The molecule has 2 unspecified atom stereocenters. The molecule has 1 saturated carbocycles. The molecule has 2 aliphatic carbocycles. The molecular formula is C15H22O. The summed E-state index contributed by atoms with van der Waals surface area (Å²) in [5.41, 5.74) is 1.91. The molecule has 0 aliphatic heterocycles. The summed E-state index contributed by atoms with van der Waals surface area (Å²) in [5, 5.41) is 0. The highest BCUT2D eigenvalue weighted by Gasteiger charge is 2.55.